The normalized spacial score (nSPS) is 12.9. The highest BCUT2D eigenvalue weighted by atomic mass is 19.1. The van der Waals surface area contributed by atoms with Gasteiger partial charge in [0.05, 0.1) is 0 Å². The topological polar surface area (TPSA) is 15.3 Å². The summed E-state index contributed by atoms with van der Waals surface area (Å²) in [6.07, 6.45) is 0.941. The van der Waals surface area contributed by atoms with Crippen molar-refractivity contribution in [3.05, 3.63) is 34.6 Å². The minimum atomic E-state index is -0.0759. The number of hydrogen-bond acceptors (Lipinski definition) is 2. The average molecular weight is 280 g/mol. The average Bonchev–Trinajstić information content (AvgIpc) is 2.38. The Labute approximate surface area is 123 Å². The summed E-state index contributed by atoms with van der Waals surface area (Å²) in [5.74, 6) is -0.0759. The van der Waals surface area contributed by atoms with Gasteiger partial charge in [0.1, 0.15) is 5.82 Å². The van der Waals surface area contributed by atoms with Crippen molar-refractivity contribution in [2.75, 3.05) is 26.2 Å². The quantitative estimate of drug-likeness (QED) is 0.778. The molecule has 0 amide bonds. The van der Waals surface area contributed by atoms with Gasteiger partial charge in [0, 0.05) is 11.6 Å². The van der Waals surface area contributed by atoms with Gasteiger partial charge < -0.3 is 10.2 Å². The molecule has 0 heterocycles. The van der Waals surface area contributed by atoms with Crippen LogP contribution in [0.4, 0.5) is 4.39 Å². The predicted molar refractivity (Wildman–Crippen MR) is 84.7 cm³/mol. The fraction of sp³-hybridized carbons (Fsp3) is 0.647. The molecule has 0 aliphatic carbocycles. The molecule has 0 radical (unpaired) electrons. The Morgan fingerprint density at radius 2 is 1.80 bits per heavy atom. The fourth-order valence-corrected chi connectivity index (χ4v) is 2.81. The second-order valence-corrected chi connectivity index (χ2v) is 5.40. The standard InChI is InChI=1S/C17H29FN2/c1-6-19-16(9-10-20(7-2)8-3)17-14(5)11-13(4)12-15(17)18/h11-12,16,19H,6-10H2,1-5H3. The number of aryl methyl sites for hydroxylation is 2. The highest BCUT2D eigenvalue weighted by Crippen LogP contribution is 2.25. The van der Waals surface area contributed by atoms with Crippen LogP contribution in [-0.2, 0) is 0 Å². The number of rotatable bonds is 8. The first-order chi connectivity index (χ1) is 9.53. The summed E-state index contributed by atoms with van der Waals surface area (Å²) >= 11 is 0. The van der Waals surface area contributed by atoms with Crippen molar-refractivity contribution < 1.29 is 4.39 Å². The molecule has 0 aliphatic heterocycles. The van der Waals surface area contributed by atoms with Crippen molar-refractivity contribution in [2.45, 2.75) is 47.1 Å². The minimum absolute atomic E-state index is 0.0759. The van der Waals surface area contributed by atoms with Gasteiger partial charge in [-0.15, -0.1) is 0 Å². The van der Waals surface area contributed by atoms with E-state index in [0.717, 1.165) is 49.3 Å². The van der Waals surface area contributed by atoms with E-state index in [1.165, 1.54) is 0 Å². The first-order valence-electron chi connectivity index (χ1n) is 7.75. The SMILES string of the molecule is CCNC(CCN(CC)CC)c1c(C)cc(C)cc1F. The molecule has 1 rings (SSSR count). The van der Waals surface area contributed by atoms with E-state index in [1.54, 1.807) is 6.07 Å². The van der Waals surface area contributed by atoms with E-state index in [1.807, 2.05) is 13.8 Å². The molecular weight excluding hydrogens is 251 g/mol. The van der Waals surface area contributed by atoms with Crippen LogP contribution in [0.3, 0.4) is 0 Å². The van der Waals surface area contributed by atoms with Gasteiger partial charge in [-0.05, 0) is 63.6 Å². The fourth-order valence-electron chi connectivity index (χ4n) is 2.81. The van der Waals surface area contributed by atoms with Crippen LogP contribution < -0.4 is 5.32 Å². The van der Waals surface area contributed by atoms with Crippen LogP contribution >= 0.6 is 0 Å². The van der Waals surface area contributed by atoms with Gasteiger partial charge in [0.2, 0.25) is 0 Å². The molecule has 0 fully saturated rings. The largest absolute Gasteiger partial charge is 0.310 e. The molecule has 0 bridgehead atoms. The third-order valence-electron chi connectivity index (χ3n) is 3.91. The van der Waals surface area contributed by atoms with E-state index >= 15 is 0 Å². The molecule has 114 valence electrons. The van der Waals surface area contributed by atoms with Crippen molar-refractivity contribution in [1.29, 1.82) is 0 Å². The van der Waals surface area contributed by atoms with Crippen molar-refractivity contribution >= 4 is 0 Å². The highest BCUT2D eigenvalue weighted by molar-refractivity contribution is 5.34. The van der Waals surface area contributed by atoms with Crippen LogP contribution in [0, 0.1) is 19.7 Å². The molecule has 1 unspecified atom stereocenters. The van der Waals surface area contributed by atoms with Crippen molar-refractivity contribution in [3.8, 4) is 0 Å². The van der Waals surface area contributed by atoms with Crippen LogP contribution in [-0.4, -0.2) is 31.1 Å². The lowest BCUT2D eigenvalue weighted by molar-refractivity contribution is 0.281. The molecule has 0 aromatic heterocycles. The lowest BCUT2D eigenvalue weighted by Gasteiger charge is -2.25. The Kier molecular flexibility index (Phi) is 7.17. The van der Waals surface area contributed by atoms with Gasteiger partial charge in [0.15, 0.2) is 0 Å². The van der Waals surface area contributed by atoms with Gasteiger partial charge >= 0.3 is 0 Å². The van der Waals surface area contributed by atoms with Crippen LogP contribution in [0.1, 0.15) is 49.9 Å². The summed E-state index contributed by atoms with van der Waals surface area (Å²) < 4.78 is 14.3. The van der Waals surface area contributed by atoms with Gasteiger partial charge in [0.25, 0.3) is 0 Å². The van der Waals surface area contributed by atoms with E-state index in [0.29, 0.717) is 0 Å². The summed E-state index contributed by atoms with van der Waals surface area (Å²) in [6, 6.07) is 3.81. The van der Waals surface area contributed by atoms with Crippen LogP contribution in [0.5, 0.6) is 0 Å². The molecule has 0 spiro atoms. The number of nitrogens with one attached hydrogen (secondary N) is 1. The maximum absolute atomic E-state index is 14.3. The summed E-state index contributed by atoms with van der Waals surface area (Å²) in [4.78, 5) is 2.38. The summed E-state index contributed by atoms with van der Waals surface area (Å²) in [7, 11) is 0. The predicted octanol–water partition coefficient (Wildman–Crippen LogP) is 3.83. The minimum Gasteiger partial charge on any atom is -0.310 e. The summed E-state index contributed by atoms with van der Waals surface area (Å²) in [6.45, 7) is 14.3. The smallest absolute Gasteiger partial charge is 0.128 e. The van der Waals surface area contributed by atoms with Crippen molar-refractivity contribution in [2.24, 2.45) is 0 Å². The lowest BCUT2D eigenvalue weighted by atomic mass is 9.96. The van der Waals surface area contributed by atoms with E-state index < -0.39 is 0 Å². The lowest BCUT2D eigenvalue weighted by Crippen LogP contribution is -2.30. The summed E-state index contributed by atoms with van der Waals surface area (Å²) in [5, 5.41) is 3.44. The Bertz CT molecular complexity index is 390. The van der Waals surface area contributed by atoms with E-state index in [4.69, 9.17) is 0 Å². The van der Waals surface area contributed by atoms with Gasteiger partial charge in [-0.25, -0.2) is 4.39 Å². The van der Waals surface area contributed by atoms with E-state index in [2.05, 4.69) is 37.1 Å². The maximum Gasteiger partial charge on any atom is 0.128 e. The molecule has 2 nitrogen and oxygen atoms in total. The van der Waals surface area contributed by atoms with Crippen molar-refractivity contribution in [1.82, 2.24) is 10.2 Å². The summed E-state index contributed by atoms with van der Waals surface area (Å²) in [5.41, 5.74) is 2.88. The van der Waals surface area contributed by atoms with Gasteiger partial charge in [-0.3, -0.25) is 0 Å². The molecule has 0 aliphatic rings. The number of nitrogens with zero attached hydrogens (tertiary/aromatic N) is 1. The Morgan fingerprint density at radius 3 is 2.30 bits per heavy atom. The number of hydrogen-bond donors (Lipinski definition) is 1. The number of halogens is 1. The third-order valence-corrected chi connectivity index (χ3v) is 3.91. The van der Waals surface area contributed by atoms with Crippen molar-refractivity contribution in [3.63, 3.8) is 0 Å². The molecule has 1 atom stereocenters. The van der Waals surface area contributed by atoms with Crippen LogP contribution in [0.15, 0.2) is 12.1 Å². The Hall–Kier alpha value is -0.930. The molecule has 0 saturated heterocycles. The second-order valence-electron chi connectivity index (χ2n) is 5.40. The zero-order valence-electron chi connectivity index (χ0n) is 13.6. The Morgan fingerprint density at radius 1 is 1.15 bits per heavy atom. The zero-order chi connectivity index (χ0) is 15.1. The molecular formula is C17H29FN2. The third kappa shape index (κ3) is 4.57. The molecule has 0 saturated carbocycles. The highest BCUT2D eigenvalue weighted by Gasteiger charge is 2.18. The molecule has 20 heavy (non-hydrogen) atoms. The zero-order valence-corrected chi connectivity index (χ0v) is 13.6. The first kappa shape index (κ1) is 17.1. The molecule has 1 aromatic rings. The molecule has 3 heteroatoms. The van der Waals surface area contributed by atoms with Crippen LogP contribution in [0.25, 0.3) is 0 Å². The second kappa shape index (κ2) is 8.38. The number of benzene rings is 1. The molecule has 1 N–H and O–H groups in total. The first-order valence-corrected chi connectivity index (χ1v) is 7.75. The monoisotopic (exact) mass is 280 g/mol. The van der Waals surface area contributed by atoms with E-state index in [9.17, 15) is 4.39 Å². The van der Waals surface area contributed by atoms with Crippen LogP contribution in [0.2, 0.25) is 0 Å². The Balaban J connectivity index is 2.90. The van der Waals surface area contributed by atoms with E-state index in [-0.39, 0.29) is 11.9 Å². The van der Waals surface area contributed by atoms with Gasteiger partial charge in [-0.2, -0.15) is 0 Å². The maximum atomic E-state index is 14.3. The molecule has 1 aromatic carbocycles. The van der Waals surface area contributed by atoms with Gasteiger partial charge in [-0.1, -0.05) is 26.8 Å².